The minimum atomic E-state index is -4.59. The second kappa shape index (κ2) is 6.04. The van der Waals surface area contributed by atoms with Crippen molar-refractivity contribution in [1.82, 2.24) is 0 Å². The van der Waals surface area contributed by atoms with Gasteiger partial charge in [-0.2, -0.15) is 13.2 Å². The van der Waals surface area contributed by atoms with Crippen LogP contribution in [0.2, 0.25) is 0 Å². The molecule has 3 rings (SSSR count). The van der Waals surface area contributed by atoms with Crippen LogP contribution in [-0.2, 0) is 15.8 Å². The van der Waals surface area contributed by atoms with E-state index in [2.05, 4.69) is 0 Å². The molecule has 0 radical (unpaired) electrons. The number of amides is 2. The van der Waals surface area contributed by atoms with Gasteiger partial charge in [-0.3, -0.25) is 9.59 Å². The average Bonchev–Trinajstić information content (AvgIpc) is 2.85. The number of fused-ring (bicyclic) bond motifs is 1. The second-order valence-corrected chi connectivity index (χ2v) is 5.82. The monoisotopic (exact) mass is 365 g/mol. The quantitative estimate of drug-likeness (QED) is 0.687. The molecule has 128 valence electrons. The molecule has 0 N–H and O–H groups in total. The van der Waals surface area contributed by atoms with Crippen molar-refractivity contribution in [3.05, 3.63) is 65.2 Å². The lowest BCUT2D eigenvalue weighted by atomic mass is 10.0. The molecule has 2 amide bonds. The van der Waals surface area contributed by atoms with Gasteiger partial charge < -0.3 is 0 Å². The van der Waals surface area contributed by atoms with Crippen LogP contribution in [0.1, 0.15) is 23.6 Å². The Labute approximate surface area is 146 Å². The summed E-state index contributed by atoms with van der Waals surface area (Å²) in [7, 11) is 0. The van der Waals surface area contributed by atoms with Crippen LogP contribution in [0.4, 0.5) is 18.9 Å². The van der Waals surface area contributed by atoms with E-state index in [1.807, 2.05) is 0 Å². The third-order valence-corrected chi connectivity index (χ3v) is 4.22. The number of anilines is 1. The van der Waals surface area contributed by atoms with Crippen molar-refractivity contribution in [3.63, 3.8) is 0 Å². The molecule has 2 aromatic carbocycles. The Bertz CT molecular complexity index is 904. The Morgan fingerprint density at radius 2 is 1.72 bits per heavy atom. The zero-order chi connectivity index (χ0) is 18.4. The van der Waals surface area contributed by atoms with E-state index in [-0.39, 0.29) is 21.9 Å². The van der Waals surface area contributed by atoms with Crippen molar-refractivity contribution >= 4 is 39.7 Å². The molecule has 0 saturated carbocycles. The first-order valence-electron chi connectivity index (χ1n) is 7.23. The van der Waals surface area contributed by atoms with E-state index < -0.39 is 23.6 Å². The molecule has 0 atom stereocenters. The molecule has 0 saturated heterocycles. The standard InChI is InChI=1S/C18H11ClF3NO2/c1-10(24)23-14-9-12(18(20,21)22)7-8-13(14)15(17(23)25)16(19)11-5-3-2-4-6-11/h2-9H,1H3/b16-15+. The van der Waals surface area contributed by atoms with Gasteiger partial charge >= 0.3 is 6.18 Å². The Balaban J connectivity index is 2.26. The van der Waals surface area contributed by atoms with E-state index in [0.29, 0.717) is 10.5 Å². The highest BCUT2D eigenvalue weighted by Gasteiger charge is 2.40. The number of carbonyl (C=O) groups is 2. The third kappa shape index (κ3) is 2.93. The van der Waals surface area contributed by atoms with Gasteiger partial charge in [-0.1, -0.05) is 48.0 Å². The number of benzene rings is 2. The fraction of sp³-hybridized carbons (Fsp3) is 0.111. The molecule has 0 unspecified atom stereocenters. The molecule has 7 heteroatoms. The molecule has 0 aliphatic carbocycles. The number of hydrogen-bond donors (Lipinski definition) is 0. The predicted molar refractivity (Wildman–Crippen MR) is 88.7 cm³/mol. The normalized spacial score (nSPS) is 16.0. The fourth-order valence-corrected chi connectivity index (χ4v) is 3.00. The molecule has 1 aliphatic heterocycles. The van der Waals surface area contributed by atoms with Gasteiger partial charge in [0, 0.05) is 12.5 Å². The highest BCUT2D eigenvalue weighted by molar-refractivity contribution is 6.60. The zero-order valence-corrected chi connectivity index (χ0v) is 13.7. The molecule has 0 fully saturated rings. The molecule has 1 aliphatic rings. The molecule has 3 nitrogen and oxygen atoms in total. The summed E-state index contributed by atoms with van der Waals surface area (Å²) >= 11 is 6.33. The van der Waals surface area contributed by atoms with Gasteiger partial charge in [0.05, 0.1) is 21.9 Å². The van der Waals surface area contributed by atoms with E-state index in [4.69, 9.17) is 11.6 Å². The van der Waals surface area contributed by atoms with Crippen molar-refractivity contribution in [2.45, 2.75) is 13.1 Å². The Kier molecular flexibility index (Phi) is 4.16. The van der Waals surface area contributed by atoms with Gasteiger partial charge in [0.2, 0.25) is 5.91 Å². The molecule has 25 heavy (non-hydrogen) atoms. The van der Waals surface area contributed by atoms with Crippen LogP contribution >= 0.6 is 11.6 Å². The highest BCUT2D eigenvalue weighted by atomic mass is 35.5. The maximum Gasteiger partial charge on any atom is 0.416 e. The predicted octanol–water partition coefficient (Wildman–Crippen LogP) is 4.71. The van der Waals surface area contributed by atoms with Crippen molar-refractivity contribution in [1.29, 1.82) is 0 Å². The van der Waals surface area contributed by atoms with E-state index >= 15 is 0 Å². The lowest BCUT2D eigenvalue weighted by Crippen LogP contribution is -2.31. The summed E-state index contributed by atoms with van der Waals surface area (Å²) in [5.41, 5.74) is -0.323. The first kappa shape index (κ1) is 17.2. The fourth-order valence-electron chi connectivity index (χ4n) is 2.69. The molecule has 0 spiro atoms. The second-order valence-electron chi connectivity index (χ2n) is 5.44. The van der Waals surface area contributed by atoms with Gasteiger partial charge in [0.1, 0.15) is 0 Å². The maximum atomic E-state index is 13.0. The van der Waals surface area contributed by atoms with Crippen LogP contribution in [-0.4, -0.2) is 11.8 Å². The van der Waals surface area contributed by atoms with Gasteiger partial charge in [0.15, 0.2) is 0 Å². The van der Waals surface area contributed by atoms with Crippen LogP contribution in [0, 0.1) is 0 Å². The van der Waals surface area contributed by atoms with Crippen LogP contribution in [0.15, 0.2) is 48.5 Å². The van der Waals surface area contributed by atoms with E-state index in [1.165, 1.54) is 6.07 Å². The number of carbonyl (C=O) groups excluding carboxylic acids is 2. The number of nitrogens with zero attached hydrogens (tertiary/aromatic N) is 1. The summed E-state index contributed by atoms with van der Waals surface area (Å²) in [6, 6.07) is 11.4. The maximum absolute atomic E-state index is 13.0. The summed E-state index contributed by atoms with van der Waals surface area (Å²) < 4.78 is 38.9. The number of hydrogen-bond acceptors (Lipinski definition) is 2. The Morgan fingerprint density at radius 3 is 2.28 bits per heavy atom. The lowest BCUT2D eigenvalue weighted by Gasteiger charge is -2.14. The van der Waals surface area contributed by atoms with Crippen LogP contribution in [0.5, 0.6) is 0 Å². The first-order chi connectivity index (χ1) is 11.7. The number of imide groups is 1. The van der Waals surface area contributed by atoms with Crippen LogP contribution < -0.4 is 4.90 Å². The van der Waals surface area contributed by atoms with Crippen molar-refractivity contribution in [2.75, 3.05) is 4.90 Å². The first-order valence-corrected chi connectivity index (χ1v) is 7.61. The molecule has 0 bridgehead atoms. The summed E-state index contributed by atoms with van der Waals surface area (Å²) in [4.78, 5) is 25.2. The Morgan fingerprint density at radius 1 is 1.08 bits per heavy atom. The summed E-state index contributed by atoms with van der Waals surface area (Å²) in [5.74, 6) is -1.42. The minimum absolute atomic E-state index is 0.00629. The number of halogens is 4. The zero-order valence-electron chi connectivity index (χ0n) is 12.9. The third-order valence-electron chi connectivity index (χ3n) is 3.81. The molecule has 2 aromatic rings. The van der Waals surface area contributed by atoms with Gasteiger partial charge in [-0.25, -0.2) is 4.90 Å². The van der Waals surface area contributed by atoms with Crippen molar-refractivity contribution in [2.24, 2.45) is 0 Å². The lowest BCUT2D eigenvalue weighted by molar-refractivity contribution is -0.137. The topological polar surface area (TPSA) is 37.4 Å². The number of alkyl halides is 3. The van der Waals surface area contributed by atoms with Crippen molar-refractivity contribution in [3.8, 4) is 0 Å². The van der Waals surface area contributed by atoms with E-state index in [9.17, 15) is 22.8 Å². The summed E-state index contributed by atoms with van der Waals surface area (Å²) in [6.45, 7) is 1.11. The number of rotatable bonds is 1. The summed E-state index contributed by atoms with van der Waals surface area (Å²) in [6.07, 6.45) is -4.59. The van der Waals surface area contributed by atoms with Gasteiger partial charge in [0.25, 0.3) is 5.91 Å². The molecule has 0 aromatic heterocycles. The van der Waals surface area contributed by atoms with E-state index in [0.717, 1.165) is 19.1 Å². The van der Waals surface area contributed by atoms with Gasteiger partial charge in [-0.15, -0.1) is 0 Å². The summed E-state index contributed by atoms with van der Waals surface area (Å²) in [5, 5.41) is 0.0790. The molecule has 1 heterocycles. The highest BCUT2D eigenvalue weighted by Crippen LogP contribution is 2.44. The Hall–Kier alpha value is -2.60. The van der Waals surface area contributed by atoms with Crippen LogP contribution in [0.25, 0.3) is 10.6 Å². The molecular formula is C18H11ClF3NO2. The molecular weight excluding hydrogens is 355 g/mol. The SMILES string of the molecule is CC(=O)N1C(=O)/C(=C(/Cl)c2ccccc2)c2ccc(C(F)(F)F)cc21. The smallest absolute Gasteiger partial charge is 0.274 e. The van der Waals surface area contributed by atoms with Crippen LogP contribution in [0.3, 0.4) is 0 Å². The van der Waals surface area contributed by atoms with Gasteiger partial charge in [-0.05, 0) is 17.7 Å². The minimum Gasteiger partial charge on any atom is -0.274 e. The van der Waals surface area contributed by atoms with E-state index in [1.54, 1.807) is 30.3 Å². The van der Waals surface area contributed by atoms with Crippen molar-refractivity contribution < 1.29 is 22.8 Å². The average molecular weight is 366 g/mol. The largest absolute Gasteiger partial charge is 0.416 e.